The van der Waals surface area contributed by atoms with Crippen LogP contribution in [0.3, 0.4) is 0 Å². The molecule has 3 rings (SSSR count). The lowest BCUT2D eigenvalue weighted by Crippen LogP contribution is -2.23. The van der Waals surface area contributed by atoms with E-state index in [4.69, 9.17) is 16.3 Å². The van der Waals surface area contributed by atoms with Gasteiger partial charge in [-0.2, -0.15) is 5.10 Å². The molecule has 0 aliphatic heterocycles. The van der Waals surface area contributed by atoms with E-state index in [0.717, 1.165) is 24.1 Å². The van der Waals surface area contributed by atoms with Gasteiger partial charge in [-0.15, -0.1) is 0 Å². The molecule has 0 radical (unpaired) electrons. The van der Waals surface area contributed by atoms with Crippen LogP contribution in [0.2, 0.25) is 5.02 Å². The van der Waals surface area contributed by atoms with E-state index in [0.29, 0.717) is 23.4 Å². The van der Waals surface area contributed by atoms with E-state index in [1.54, 1.807) is 37.6 Å². The number of ether oxygens (including phenoxy) is 1. The third kappa shape index (κ3) is 3.36. The number of anilines is 1. The van der Waals surface area contributed by atoms with Gasteiger partial charge in [0, 0.05) is 22.7 Å². The van der Waals surface area contributed by atoms with Gasteiger partial charge >= 0.3 is 0 Å². The fourth-order valence-corrected chi connectivity index (χ4v) is 2.32. The van der Waals surface area contributed by atoms with Crippen LogP contribution < -0.4 is 15.6 Å². The molecule has 1 aromatic carbocycles. The second-order valence-electron chi connectivity index (χ2n) is 5.11. The molecule has 6 heteroatoms. The van der Waals surface area contributed by atoms with E-state index < -0.39 is 0 Å². The zero-order valence-corrected chi connectivity index (χ0v) is 12.4. The standard InChI is InChI=1S/C15H16ClN3O2/c1-21-14-5-2-11(16)6-10(14)9-19-15(20)7-13(8-17-19)18-12-3-4-12/h2,5-8,12,18H,3-4,9H2,1H3. The molecule has 5 nitrogen and oxygen atoms in total. The van der Waals surface area contributed by atoms with Crippen molar-refractivity contribution in [3.05, 3.63) is 51.4 Å². The molecule has 1 saturated carbocycles. The lowest BCUT2D eigenvalue weighted by molar-refractivity contribution is 0.407. The lowest BCUT2D eigenvalue weighted by atomic mass is 10.2. The Labute approximate surface area is 127 Å². The normalized spacial score (nSPS) is 14.0. The molecule has 1 N–H and O–H groups in total. The Balaban J connectivity index is 1.84. The summed E-state index contributed by atoms with van der Waals surface area (Å²) in [6, 6.07) is 7.39. The minimum Gasteiger partial charge on any atom is -0.496 e. The second-order valence-corrected chi connectivity index (χ2v) is 5.55. The van der Waals surface area contributed by atoms with Crippen LogP contribution in [0, 0.1) is 0 Å². The van der Waals surface area contributed by atoms with Crippen LogP contribution in [0.15, 0.2) is 35.3 Å². The van der Waals surface area contributed by atoms with Gasteiger partial charge in [-0.1, -0.05) is 11.6 Å². The molecule has 1 heterocycles. The predicted octanol–water partition coefficient (Wildman–Crippen LogP) is 2.53. The third-order valence-electron chi connectivity index (χ3n) is 3.38. The Bertz CT molecular complexity index is 710. The number of hydrogen-bond acceptors (Lipinski definition) is 4. The number of aromatic nitrogens is 2. The highest BCUT2D eigenvalue weighted by molar-refractivity contribution is 6.30. The van der Waals surface area contributed by atoms with Gasteiger partial charge in [-0.25, -0.2) is 4.68 Å². The summed E-state index contributed by atoms with van der Waals surface area (Å²) in [6.07, 6.45) is 3.99. The van der Waals surface area contributed by atoms with Gasteiger partial charge in [-0.05, 0) is 31.0 Å². The summed E-state index contributed by atoms with van der Waals surface area (Å²) in [5, 5.41) is 8.06. The molecule has 1 aliphatic rings. The van der Waals surface area contributed by atoms with Crippen LogP contribution in [0.5, 0.6) is 5.75 Å². The molecule has 0 bridgehead atoms. The van der Waals surface area contributed by atoms with Gasteiger partial charge in [0.15, 0.2) is 0 Å². The zero-order chi connectivity index (χ0) is 14.8. The predicted molar refractivity (Wildman–Crippen MR) is 82.2 cm³/mol. The number of nitrogens with one attached hydrogen (secondary N) is 1. The smallest absolute Gasteiger partial charge is 0.269 e. The molecule has 0 atom stereocenters. The molecule has 110 valence electrons. The van der Waals surface area contributed by atoms with Crippen molar-refractivity contribution in [1.29, 1.82) is 0 Å². The van der Waals surface area contributed by atoms with Crippen molar-refractivity contribution >= 4 is 17.3 Å². The number of methoxy groups -OCH3 is 1. The molecule has 21 heavy (non-hydrogen) atoms. The summed E-state index contributed by atoms with van der Waals surface area (Å²) in [4.78, 5) is 12.1. The molecule has 1 fully saturated rings. The fraction of sp³-hybridized carbons (Fsp3) is 0.333. The van der Waals surface area contributed by atoms with Crippen LogP contribution in [-0.4, -0.2) is 22.9 Å². The maximum Gasteiger partial charge on any atom is 0.269 e. The highest BCUT2D eigenvalue weighted by atomic mass is 35.5. The van der Waals surface area contributed by atoms with Crippen molar-refractivity contribution in [3.63, 3.8) is 0 Å². The SMILES string of the molecule is COc1ccc(Cl)cc1Cn1ncc(NC2CC2)cc1=O. The molecule has 1 aliphatic carbocycles. The largest absolute Gasteiger partial charge is 0.496 e. The Morgan fingerprint density at radius 2 is 2.24 bits per heavy atom. The van der Waals surface area contributed by atoms with Gasteiger partial charge in [0.25, 0.3) is 5.56 Å². The van der Waals surface area contributed by atoms with Crippen LogP contribution in [0.4, 0.5) is 5.69 Å². The van der Waals surface area contributed by atoms with Gasteiger partial charge in [0.05, 0.1) is 25.5 Å². The van der Waals surface area contributed by atoms with Crippen molar-refractivity contribution in [2.45, 2.75) is 25.4 Å². The third-order valence-corrected chi connectivity index (χ3v) is 3.62. The quantitative estimate of drug-likeness (QED) is 0.922. The van der Waals surface area contributed by atoms with E-state index in [1.165, 1.54) is 4.68 Å². The fourth-order valence-electron chi connectivity index (χ4n) is 2.13. The van der Waals surface area contributed by atoms with E-state index in [1.807, 2.05) is 0 Å². The molecular formula is C15H16ClN3O2. The molecule has 1 aromatic heterocycles. The maximum atomic E-state index is 12.1. The lowest BCUT2D eigenvalue weighted by Gasteiger charge is -2.11. The first-order chi connectivity index (χ1) is 10.2. The van der Waals surface area contributed by atoms with Crippen LogP contribution >= 0.6 is 11.6 Å². The number of benzene rings is 1. The van der Waals surface area contributed by atoms with Crippen LogP contribution in [-0.2, 0) is 6.54 Å². The van der Waals surface area contributed by atoms with E-state index >= 15 is 0 Å². The van der Waals surface area contributed by atoms with E-state index in [2.05, 4.69) is 10.4 Å². The highest BCUT2D eigenvalue weighted by Crippen LogP contribution is 2.24. The van der Waals surface area contributed by atoms with Gasteiger partial charge in [-0.3, -0.25) is 4.79 Å². The van der Waals surface area contributed by atoms with Gasteiger partial charge in [0.2, 0.25) is 0 Å². The Kier molecular flexibility index (Phi) is 3.84. The van der Waals surface area contributed by atoms with Crippen LogP contribution in [0.25, 0.3) is 0 Å². The molecule has 2 aromatic rings. The summed E-state index contributed by atoms with van der Waals surface area (Å²) in [6.45, 7) is 0.326. The summed E-state index contributed by atoms with van der Waals surface area (Å²) >= 11 is 6.00. The number of nitrogens with zero attached hydrogens (tertiary/aromatic N) is 2. The van der Waals surface area contributed by atoms with Crippen molar-refractivity contribution in [3.8, 4) is 5.75 Å². The van der Waals surface area contributed by atoms with Crippen molar-refractivity contribution < 1.29 is 4.74 Å². The Morgan fingerprint density at radius 3 is 2.90 bits per heavy atom. The summed E-state index contributed by atoms with van der Waals surface area (Å²) in [7, 11) is 1.59. The van der Waals surface area contributed by atoms with E-state index in [-0.39, 0.29) is 5.56 Å². The molecule has 0 amide bonds. The maximum absolute atomic E-state index is 12.1. The minimum atomic E-state index is -0.150. The Hall–Kier alpha value is -2.01. The molecule has 0 spiro atoms. The van der Waals surface area contributed by atoms with Gasteiger partial charge < -0.3 is 10.1 Å². The highest BCUT2D eigenvalue weighted by Gasteiger charge is 2.21. The first-order valence-corrected chi connectivity index (χ1v) is 7.19. The molecular weight excluding hydrogens is 290 g/mol. The minimum absolute atomic E-state index is 0.150. The van der Waals surface area contributed by atoms with Gasteiger partial charge in [0.1, 0.15) is 5.75 Å². The average Bonchev–Trinajstić information content (AvgIpc) is 3.26. The van der Waals surface area contributed by atoms with Crippen molar-refractivity contribution in [2.75, 3.05) is 12.4 Å². The zero-order valence-electron chi connectivity index (χ0n) is 11.7. The number of hydrogen-bond donors (Lipinski definition) is 1. The first kappa shape index (κ1) is 13.9. The topological polar surface area (TPSA) is 56.1 Å². The van der Waals surface area contributed by atoms with Crippen LogP contribution in [0.1, 0.15) is 18.4 Å². The summed E-state index contributed by atoms with van der Waals surface area (Å²) < 4.78 is 6.68. The van der Waals surface area contributed by atoms with Crippen molar-refractivity contribution in [1.82, 2.24) is 9.78 Å². The number of rotatable bonds is 5. The Morgan fingerprint density at radius 1 is 1.43 bits per heavy atom. The van der Waals surface area contributed by atoms with Crippen molar-refractivity contribution in [2.24, 2.45) is 0 Å². The molecule has 0 saturated heterocycles. The summed E-state index contributed by atoms with van der Waals surface area (Å²) in [5.74, 6) is 0.688. The average molecular weight is 306 g/mol. The molecule has 0 unspecified atom stereocenters. The summed E-state index contributed by atoms with van der Waals surface area (Å²) in [5.41, 5.74) is 1.45. The second kappa shape index (κ2) is 5.77. The number of halogens is 1. The first-order valence-electron chi connectivity index (χ1n) is 6.82. The monoisotopic (exact) mass is 305 g/mol. The van der Waals surface area contributed by atoms with E-state index in [9.17, 15) is 4.79 Å².